The Labute approximate surface area is 251 Å². The molecule has 0 spiro atoms. The van der Waals surface area contributed by atoms with E-state index in [1.807, 2.05) is 13.8 Å². The number of nitrogens with zero attached hydrogens (tertiary/aromatic N) is 2. The first-order chi connectivity index (χ1) is 19.0. The third-order valence-corrected chi connectivity index (χ3v) is 9.27. The standard InChI is InChI=1S/C29H32Cl3N3O4S/c1-4-17-33-29(37)25(5-2)34(18-21-9-6-7-10-23(21)30)27(36)19-35(26-12-8-11-24(31)28(26)32)40(38,39)22-15-13-20(3)14-16-22/h6-16,25H,4-5,17-19H2,1-3H3,(H,33,37). The van der Waals surface area contributed by atoms with Gasteiger partial charge in [0.05, 0.1) is 20.6 Å². The number of nitrogens with one attached hydrogen (secondary N) is 1. The molecule has 0 aliphatic rings. The summed E-state index contributed by atoms with van der Waals surface area (Å²) in [5, 5.41) is 3.39. The molecule has 0 saturated carbocycles. The number of amides is 2. The van der Waals surface area contributed by atoms with Gasteiger partial charge in [0.1, 0.15) is 12.6 Å². The number of anilines is 1. The van der Waals surface area contributed by atoms with Gasteiger partial charge in [0.15, 0.2) is 0 Å². The van der Waals surface area contributed by atoms with E-state index in [4.69, 9.17) is 34.8 Å². The summed E-state index contributed by atoms with van der Waals surface area (Å²) in [6.45, 7) is 5.37. The fourth-order valence-corrected chi connectivity index (χ4v) is 6.20. The van der Waals surface area contributed by atoms with Gasteiger partial charge in [0.25, 0.3) is 10.0 Å². The minimum absolute atomic E-state index is 0.00173. The molecule has 0 aromatic heterocycles. The average Bonchev–Trinajstić information content (AvgIpc) is 2.93. The lowest BCUT2D eigenvalue weighted by atomic mass is 10.1. The topological polar surface area (TPSA) is 86.8 Å². The molecular formula is C29H32Cl3N3O4S. The summed E-state index contributed by atoms with van der Waals surface area (Å²) in [5.74, 6) is -0.941. The maximum absolute atomic E-state index is 14.1. The van der Waals surface area contributed by atoms with E-state index in [9.17, 15) is 18.0 Å². The van der Waals surface area contributed by atoms with Gasteiger partial charge in [-0.25, -0.2) is 8.42 Å². The number of carbonyl (C=O) groups excluding carboxylic acids is 2. The largest absolute Gasteiger partial charge is 0.354 e. The van der Waals surface area contributed by atoms with Crippen LogP contribution in [0.3, 0.4) is 0 Å². The molecule has 3 aromatic rings. The lowest BCUT2D eigenvalue weighted by molar-refractivity contribution is -0.140. The number of carbonyl (C=O) groups is 2. The summed E-state index contributed by atoms with van der Waals surface area (Å²) >= 11 is 19.1. The van der Waals surface area contributed by atoms with Crippen LogP contribution in [0.1, 0.15) is 37.8 Å². The molecule has 0 fully saturated rings. The van der Waals surface area contributed by atoms with Crippen molar-refractivity contribution in [2.24, 2.45) is 0 Å². The highest BCUT2D eigenvalue weighted by atomic mass is 35.5. The molecule has 0 saturated heterocycles. The molecule has 11 heteroatoms. The van der Waals surface area contributed by atoms with Gasteiger partial charge in [-0.3, -0.25) is 13.9 Å². The third-order valence-electron chi connectivity index (χ3n) is 6.32. The van der Waals surface area contributed by atoms with E-state index < -0.39 is 28.5 Å². The Morgan fingerprint density at radius 1 is 0.900 bits per heavy atom. The van der Waals surface area contributed by atoms with Crippen molar-refractivity contribution in [1.29, 1.82) is 0 Å². The maximum Gasteiger partial charge on any atom is 0.264 e. The van der Waals surface area contributed by atoms with Gasteiger partial charge in [-0.05, 0) is 55.7 Å². The van der Waals surface area contributed by atoms with Crippen molar-refractivity contribution in [2.75, 3.05) is 17.4 Å². The Balaban J connectivity index is 2.11. The molecule has 2 amide bonds. The van der Waals surface area contributed by atoms with Crippen LogP contribution in [-0.2, 0) is 26.2 Å². The van der Waals surface area contributed by atoms with Gasteiger partial charge in [0, 0.05) is 18.1 Å². The Morgan fingerprint density at radius 3 is 2.17 bits per heavy atom. The van der Waals surface area contributed by atoms with E-state index in [1.54, 1.807) is 49.4 Å². The van der Waals surface area contributed by atoms with Crippen molar-refractivity contribution in [2.45, 2.75) is 51.1 Å². The number of halogens is 3. The molecule has 1 unspecified atom stereocenters. The van der Waals surface area contributed by atoms with Gasteiger partial charge >= 0.3 is 0 Å². The second-order valence-corrected chi connectivity index (χ2v) is 12.3. The number of rotatable bonds is 12. The van der Waals surface area contributed by atoms with Gasteiger partial charge in [-0.2, -0.15) is 0 Å². The van der Waals surface area contributed by atoms with Crippen molar-refractivity contribution in [3.05, 3.63) is 92.9 Å². The fourth-order valence-electron chi connectivity index (χ4n) is 4.13. The van der Waals surface area contributed by atoms with Crippen LogP contribution in [0.25, 0.3) is 0 Å². The second kappa shape index (κ2) is 14.2. The highest BCUT2D eigenvalue weighted by Crippen LogP contribution is 2.35. The summed E-state index contributed by atoms with van der Waals surface area (Å²) in [6.07, 6.45) is 1.02. The van der Waals surface area contributed by atoms with Crippen LogP contribution in [-0.4, -0.2) is 44.3 Å². The van der Waals surface area contributed by atoms with Crippen molar-refractivity contribution in [1.82, 2.24) is 10.2 Å². The smallest absolute Gasteiger partial charge is 0.264 e. The highest BCUT2D eigenvalue weighted by molar-refractivity contribution is 7.92. The summed E-state index contributed by atoms with van der Waals surface area (Å²) in [4.78, 5) is 28.6. The number of hydrogen-bond acceptors (Lipinski definition) is 4. The first-order valence-corrected chi connectivity index (χ1v) is 15.4. The van der Waals surface area contributed by atoms with E-state index in [0.29, 0.717) is 23.6 Å². The lowest BCUT2D eigenvalue weighted by Gasteiger charge is -2.33. The van der Waals surface area contributed by atoms with Gasteiger partial charge < -0.3 is 10.2 Å². The van der Waals surface area contributed by atoms with Crippen LogP contribution in [0.4, 0.5) is 5.69 Å². The zero-order chi connectivity index (χ0) is 29.4. The molecule has 0 radical (unpaired) electrons. The van der Waals surface area contributed by atoms with E-state index in [0.717, 1.165) is 16.3 Å². The molecule has 1 atom stereocenters. The molecule has 0 aliphatic carbocycles. The predicted molar refractivity (Wildman–Crippen MR) is 162 cm³/mol. The zero-order valence-corrected chi connectivity index (χ0v) is 25.6. The van der Waals surface area contributed by atoms with Crippen molar-refractivity contribution < 1.29 is 18.0 Å². The minimum Gasteiger partial charge on any atom is -0.354 e. The fraction of sp³-hybridized carbons (Fsp3) is 0.310. The number of benzene rings is 3. The normalized spacial score (nSPS) is 12.1. The summed E-state index contributed by atoms with van der Waals surface area (Å²) < 4.78 is 28.8. The predicted octanol–water partition coefficient (Wildman–Crippen LogP) is 6.48. The van der Waals surface area contributed by atoms with Crippen LogP contribution >= 0.6 is 34.8 Å². The molecule has 7 nitrogen and oxygen atoms in total. The summed E-state index contributed by atoms with van der Waals surface area (Å²) in [6, 6.07) is 17.0. The minimum atomic E-state index is -4.27. The molecule has 214 valence electrons. The summed E-state index contributed by atoms with van der Waals surface area (Å²) in [7, 11) is -4.27. The number of aryl methyl sites for hydroxylation is 1. The molecular weight excluding hydrogens is 593 g/mol. The lowest BCUT2D eigenvalue weighted by Crippen LogP contribution is -2.52. The Bertz CT molecular complexity index is 1450. The molecule has 3 rings (SSSR count). The molecule has 3 aromatic carbocycles. The molecule has 0 aliphatic heterocycles. The Hall–Kier alpha value is -2.78. The first kappa shape index (κ1) is 31.7. The third kappa shape index (κ3) is 7.49. The Kier molecular flexibility index (Phi) is 11.3. The van der Waals surface area contributed by atoms with E-state index >= 15 is 0 Å². The van der Waals surface area contributed by atoms with Crippen LogP contribution in [0.15, 0.2) is 71.6 Å². The number of hydrogen-bond donors (Lipinski definition) is 1. The first-order valence-electron chi connectivity index (χ1n) is 12.8. The van der Waals surface area contributed by atoms with Crippen molar-refractivity contribution in [3.63, 3.8) is 0 Å². The van der Waals surface area contributed by atoms with Gasteiger partial charge in [-0.15, -0.1) is 0 Å². The molecule has 1 N–H and O–H groups in total. The summed E-state index contributed by atoms with van der Waals surface area (Å²) in [5.41, 5.74) is 1.54. The SMILES string of the molecule is CCCNC(=O)C(CC)N(Cc1ccccc1Cl)C(=O)CN(c1cccc(Cl)c1Cl)S(=O)(=O)c1ccc(C)cc1. The van der Waals surface area contributed by atoms with Crippen LogP contribution in [0.5, 0.6) is 0 Å². The van der Waals surface area contributed by atoms with Gasteiger partial charge in [0.2, 0.25) is 11.8 Å². The second-order valence-electron chi connectivity index (χ2n) is 9.23. The van der Waals surface area contributed by atoms with Gasteiger partial charge in [-0.1, -0.05) is 90.6 Å². The van der Waals surface area contributed by atoms with E-state index in [-0.39, 0.29) is 33.1 Å². The monoisotopic (exact) mass is 623 g/mol. The van der Waals surface area contributed by atoms with E-state index in [2.05, 4.69) is 5.32 Å². The van der Waals surface area contributed by atoms with Crippen molar-refractivity contribution >= 4 is 62.3 Å². The average molecular weight is 625 g/mol. The van der Waals surface area contributed by atoms with E-state index in [1.165, 1.54) is 29.2 Å². The molecule has 0 bridgehead atoms. The van der Waals surface area contributed by atoms with Crippen LogP contribution < -0.4 is 9.62 Å². The zero-order valence-electron chi connectivity index (χ0n) is 22.5. The Morgan fingerprint density at radius 2 is 1.55 bits per heavy atom. The quantitative estimate of drug-likeness (QED) is 0.250. The van der Waals surface area contributed by atoms with Crippen LogP contribution in [0.2, 0.25) is 15.1 Å². The maximum atomic E-state index is 14.1. The van der Waals surface area contributed by atoms with Crippen LogP contribution in [0, 0.1) is 6.92 Å². The number of sulfonamides is 1. The highest BCUT2D eigenvalue weighted by Gasteiger charge is 2.34. The molecule has 40 heavy (non-hydrogen) atoms. The molecule has 0 heterocycles. The van der Waals surface area contributed by atoms with Crippen molar-refractivity contribution in [3.8, 4) is 0 Å².